The summed E-state index contributed by atoms with van der Waals surface area (Å²) in [6.07, 6.45) is 0. The fourth-order valence-electron chi connectivity index (χ4n) is 1.81. The maximum atomic E-state index is 6.15. The van der Waals surface area contributed by atoms with Gasteiger partial charge >= 0.3 is 0 Å². The van der Waals surface area contributed by atoms with E-state index in [0.29, 0.717) is 16.6 Å². The van der Waals surface area contributed by atoms with E-state index in [1.807, 2.05) is 30.3 Å². The lowest BCUT2D eigenvalue weighted by atomic mass is 10.1. The summed E-state index contributed by atoms with van der Waals surface area (Å²) in [5.74, 6) is 0. The zero-order valence-electron chi connectivity index (χ0n) is 10.2. The van der Waals surface area contributed by atoms with Crippen LogP contribution in [0.25, 0.3) is 0 Å². The summed E-state index contributed by atoms with van der Waals surface area (Å²) >= 11 is 12.1. The summed E-state index contributed by atoms with van der Waals surface area (Å²) in [6.45, 7) is 2.84. The minimum Gasteiger partial charge on any atom is -0.306 e. The Kier molecular flexibility index (Phi) is 4.65. The van der Waals surface area contributed by atoms with Gasteiger partial charge < -0.3 is 5.32 Å². The molecule has 0 saturated heterocycles. The highest BCUT2D eigenvalue weighted by Gasteiger charge is 2.07. The molecule has 2 aromatic rings. The number of halogens is 2. The van der Waals surface area contributed by atoms with Crippen molar-refractivity contribution in [3.05, 3.63) is 69.7 Å². The van der Waals surface area contributed by atoms with Gasteiger partial charge in [0.2, 0.25) is 0 Å². The number of nitrogens with one attached hydrogen (secondary N) is 1. The fourth-order valence-corrected chi connectivity index (χ4v) is 2.19. The van der Waals surface area contributed by atoms with E-state index in [1.165, 1.54) is 5.56 Å². The van der Waals surface area contributed by atoms with Gasteiger partial charge in [0.05, 0.1) is 10.0 Å². The summed E-state index contributed by atoms with van der Waals surface area (Å²) in [7, 11) is 0. The van der Waals surface area contributed by atoms with Crippen LogP contribution in [0.2, 0.25) is 10.0 Å². The molecule has 18 heavy (non-hydrogen) atoms. The van der Waals surface area contributed by atoms with Crippen LogP contribution in [0.5, 0.6) is 0 Å². The average molecular weight is 280 g/mol. The second-order valence-electron chi connectivity index (χ2n) is 4.23. The molecule has 0 radical (unpaired) electrons. The fraction of sp³-hybridized carbons (Fsp3) is 0.200. The van der Waals surface area contributed by atoms with Crippen molar-refractivity contribution in [2.24, 2.45) is 0 Å². The first kappa shape index (κ1) is 13.4. The normalized spacial score (nSPS) is 12.4. The Labute approximate surface area is 118 Å². The highest BCUT2D eigenvalue weighted by atomic mass is 35.5. The highest BCUT2D eigenvalue weighted by Crippen LogP contribution is 2.25. The van der Waals surface area contributed by atoms with Gasteiger partial charge in [-0.25, -0.2) is 0 Å². The van der Waals surface area contributed by atoms with Crippen LogP contribution in [0.1, 0.15) is 24.1 Å². The molecule has 0 amide bonds. The molecule has 1 unspecified atom stereocenters. The minimum atomic E-state index is 0.279. The number of hydrogen-bond donors (Lipinski definition) is 1. The maximum Gasteiger partial charge on any atom is 0.0637 e. The van der Waals surface area contributed by atoms with Gasteiger partial charge in [-0.1, -0.05) is 65.7 Å². The molecule has 0 spiro atoms. The molecule has 0 heterocycles. The minimum absolute atomic E-state index is 0.279. The van der Waals surface area contributed by atoms with Crippen LogP contribution in [-0.4, -0.2) is 0 Å². The van der Waals surface area contributed by atoms with Crippen LogP contribution in [0, 0.1) is 0 Å². The van der Waals surface area contributed by atoms with Gasteiger partial charge in [-0.2, -0.15) is 0 Å². The van der Waals surface area contributed by atoms with E-state index in [1.54, 1.807) is 6.07 Å². The molecule has 0 aliphatic carbocycles. The number of benzene rings is 2. The van der Waals surface area contributed by atoms with E-state index in [9.17, 15) is 0 Å². The highest BCUT2D eigenvalue weighted by molar-refractivity contribution is 6.42. The maximum absolute atomic E-state index is 6.15. The van der Waals surface area contributed by atoms with Crippen molar-refractivity contribution in [3.63, 3.8) is 0 Å². The molecular formula is C15H15Cl2N. The van der Waals surface area contributed by atoms with Gasteiger partial charge in [0.25, 0.3) is 0 Å². The largest absolute Gasteiger partial charge is 0.306 e. The summed E-state index contributed by atoms with van der Waals surface area (Å²) < 4.78 is 0. The van der Waals surface area contributed by atoms with Crippen molar-refractivity contribution in [2.45, 2.75) is 19.5 Å². The molecule has 2 rings (SSSR count). The van der Waals surface area contributed by atoms with E-state index in [2.05, 4.69) is 24.4 Å². The average Bonchev–Trinajstić information content (AvgIpc) is 2.41. The van der Waals surface area contributed by atoms with E-state index >= 15 is 0 Å². The molecule has 0 fully saturated rings. The molecule has 0 aromatic heterocycles. The number of hydrogen-bond acceptors (Lipinski definition) is 1. The molecule has 0 aliphatic rings. The van der Waals surface area contributed by atoms with Crippen molar-refractivity contribution < 1.29 is 0 Å². The van der Waals surface area contributed by atoms with Gasteiger partial charge in [-0.3, -0.25) is 0 Å². The Morgan fingerprint density at radius 1 is 1.00 bits per heavy atom. The smallest absolute Gasteiger partial charge is 0.0637 e. The second kappa shape index (κ2) is 6.24. The SMILES string of the molecule is CC(NCc1cccc(Cl)c1Cl)c1ccccc1. The van der Waals surface area contributed by atoms with Crippen molar-refractivity contribution in [2.75, 3.05) is 0 Å². The van der Waals surface area contributed by atoms with E-state index in [0.717, 1.165) is 5.56 Å². The lowest BCUT2D eigenvalue weighted by Gasteiger charge is -2.15. The zero-order valence-corrected chi connectivity index (χ0v) is 11.7. The molecule has 3 heteroatoms. The Balaban J connectivity index is 2.02. The molecular weight excluding hydrogens is 265 g/mol. The van der Waals surface area contributed by atoms with Gasteiger partial charge in [-0.05, 0) is 24.1 Å². The summed E-state index contributed by atoms with van der Waals surface area (Å²) in [5, 5.41) is 4.67. The Morgan fingerprint density at radius 2 is 1.72 bits per heavy atom. The molecule has 1 N–H and O–H groups in total. The summed E-state index contributed by atoms with van der Waals surface area (Å²) in [5.41, 5.74) is 2.28. The predicted molar refractivity (Wildman–Crippen MR) is 78.2 cm³/mol. The standard InChI is InChI=1S/C15H15Cl2N/c1-11(12-6-3-2-4-7-12)18-10-13-8-5-9-14(16)15(13)17/h2-9,11,18H,10H2,1H3. The summed E-state index contributed by atoms with van der Waals surface area (Å²) in [4.78, 5) is 0. The number of rotatable bonds is 4. The molecule has 0 bridgehead atoms. The van der Waals surface area contributed by atoms with Crippen molar-refractivity contribution in [1.29, 1.82) is 0 Å². The third-order valence-electron chi connectivity index (χ3n) is 2.93. The van der Waals surface area contributed by atoms with Crippen molar-refractivity contribution in [3.8, 4) is 0 Å². The van der Waals surface area contributed by atoms with Gasteiger partial charge in [-0.15, -0.1) is 0 Å². The first-order valence-corrected chi connectivity index (χ1v) is 6.65. The first-order chi connectivity index (χ1) is 8.68. The van der Waals surface area contributed by atoms with Gasteiger partial charge in [0.1, 0.15) is 0 Å². The Bertz CT molecular complexity index is 511. The monoisotopic (exact) mass is 279 g/mol. The van der Waals surface area contributed by atoms with Crippen LogP contribution >= 0.6 is 23.2 Å². The van der Waals surface area contributed by atoms with E-state index in [-0.39, 0.29) is 6.04 Å². The third-order valence-corrected chi connectivity index (χ3v) is 3.79. The molecule has 0 aliphatic heterocycles. The first-order valence-electron chi connectivity index (χ1n) is 5.89. The molecule has 1 nitrogen and oxygen atoms in total. The topological polar surface area (TPSA) is 12.0 Å². The lowest BCUT2D eigenvalue weighted by Crippen LogP contribution is -2.18. The second-order valence-corrected chi connectivity index (χ2v) is 5.01. The van der Waals surface area contributed by atoms with Crippen molar-refractivity contribution >= 4 is 23.2 Å². The quantitative estimate of drug-likeness (QED) is 0.844. The van der Waals surface area contributed by atoms with Crippen molar-refractivity contribution in [1.82, 2.24) is 5.32 Å². The van der Waals surface area contributed by atoms with E-state index < -0.39 is 0 Å². The molecule has 2 aromatic carbocycles. The van der Waals surface area contributed by atoms with Gasteiger partial charge in [0.15, 0.2) is 0 Å². The third kappa shape index (κ3) is 3.26. The van der Waals surface area contributed by atoms with Crippen LogP contribution in [0.15, 0.2) is 48.5 Å². The molecule has 1 atom stereocenters. The van der Waals surface area contributed by atoms with Crippen LogP contribution < -0.4 is 5.32 Å². The predicted octanol–water partition coefficient (Wildman–Crippen LogP) is 4.84. The Hall–Kier alpha value is -1.02. The van der Waals surface area contributed by atoms with Crippen LogP contribution in [-0.2, 0) is 6.54 Å². The van der Waals surface area contributed by atoms with Crippen LogP contribution in [0.4, 0.5) is 0 Å². The molecule has 0 saturated carbocycles. The van der Waals surface area contributed by atoms with E-state index in [4.69, 9.17) is 23.2 Å². The molecule has 94 valence electrons. The van der Waals surface area contributed by atoms with Gasteiger partial charge in [0, 0.05) is 12.6 Å². The Morgan fingerprint density at radius 3 is 2.44 bits per heavy atom. The summed E-state index contributed by atoms with van der Waals surface area (Å²) in [6, 6.07) is 16.3. The van der Waals surface area contributed by atoms with Crippen LogP contribution in [0.3, 0.4) is 0 Å². The lowest BCUT2D eigenvalue weighted by molar-refractivity contribution is 0.575. The zero-order chi connectivity index (χ0) is 13.0.